The SMILES string of the molecule is CCCCC(CCC)Nc1ccc(C(N)=O)cc1[N+](=O)[O-]. The molecule has 0 aliphatic rings. The Bertz CT molecular complexity index is 503. The maximum absolute atomic E-state index is 11.2. The molecule has 0 fully saturated rings. The molecule has 0 saturated heterocycles. The normalized spacial score (nSPS) is 11.9. The Morgan fingerprint density at radius 2 is 2.05 bits per heavy atom. The fourth-order valence-corrected chi connectivity index (χ4v) is 2.27. The smallest absolute Gasteiger partial charge is 0.293 e. The highest BCUT2D eigenvalue weighted by Gasteiger charge is 2.18. The van der Waals surface area contributed by atoms with Crippen molar-refractivity contribution < 1.29 is 9.72 Å². The highest BCUT2D eigenvalue weighted by Crippen LogP contribution is 2.27. The summed E-state index contributed by atoms with van der Waals surface area (Å²) in [5.41, 5.74) is 5.65. The minimum absolute atomic E-state index is 0.107. The maximum Gasteiger partial charge on any atom is 0.293 e. The van der Waals surface area contributed by atoms with Crippen LogP contribution in [0, 0.1) is 10.1 Å². The lowest BCUT2D eigenvalue weighted by Gasteiger charge is -2.19. The van der Waals surface area contributed by atoms with Crippen LogP contribution in [0.3, 0.4) is 0 Å². The molecular weight excluding hydrogens is 270 g/mol. The van der Waals surface area contributed by atoms with Crippen molar-refractivity contribution in [2.45, 2.75) is 52.0 Å². The number of carbonyl (C=O) groups is 1. The van der Waals surface area contributed by atoms with Gasteiger partial charge in [-0.25, -0.2) is 0 Å². The van der Waals surface area contributed by atoms with Crippen LogP contribution in [0.5, 0.6) is 0 Å². The van der Waals surface area contributed by atoms with Gasteiger partial charge < -0.3 is 11.1 Å². The topological polar surface area (TPSA) is 98.3 Å². The summed E-state index contributed by atoms with van der Waals surface area (Å²) in [6.07, 6.45) is 5.10. The Morgan fingerprint density at radius 3 is 2.57 bits per heavy atom. The minimum atomic E-state index is -0.666. The Kier molecular flexibility index (Phi) is 6.65. The largest absolute Gasteiger partial charge is 0.377 e. The van der Waals surface area contributed by atoms with Gasteiger partial charge >= 0.3 is 0 Å². The molecule has 1 aromatic rings. The van der Waals surface area contributed by atoms with E-state index in [9.17, 15) is 14.9 Å². The van der Waals surface area contributed by atoms with E-state index in [-0.39, 0.29) is 17.3 Å². The number of nitro benzene ring substituents is 1. The quantitative estimate of drug-likeness (QED) is 0.538. The van der Waals surface area contributed by atoms with Crippen molar-refractivity contribution in [1.29, 1.82) is 0 Å². The molecule has 1 atom stereocenters. The van der Waals surface area contributed by atoms with Crippen molar-refractivity contribution in [2.24, 2.45) is 5.73 Å². The summed E-state index contributed by atoms with van der Waals surface area (Å²) >= 11 is 0. The number of nitro groups is 1. The van der Waals surface area contributed by atoms with Crippen LogP contribution in [0.2, 0.25) is 0 Å². The van der Waals surface area contributed by atoms with Crippen molar-refractivity contribution >= 4 is 17.3 Å². The fraction of sp³-hybridized carbons (Fsp3) is 0.533. The number of carbonyl (C=O) groups excluding carboxylic acids is 1. The van der Waals surface area contributed by atoms with E-state index >= 15 is 0 Å². The molecule has 1 amide bonds. The lowest BCUT2D eigenvalue weighted by Crippen LogP contribution is -2.20. The molecular formula is C15H23N3O3. The van der Waals surface area contributed by atoms with Crippen LogP contribution in [0.4, 0.5) is 11.4 Å². The number of unbranched alkanes of at least 4 members (excludes halogenated alkanes) is 1. The highest BCUT2D eigenvalue weighted by atomic mass is 16.6. The van der Waals surface area contributed by atoms with Crippen molar-refractivity contribution in [1.82, 2.24) is 0 Å². The molecule has 0 aliphatic carbocycles. The number of anilines is 1. The molecule has 0 spiro atoms. The summed E-state index contributed by atoms with van der Waals surface area (Å²) in [4.78, 5) is 21.8. The second-order valence-corrected chi connectivity index (χ2v) is 5.13. The summed E-state index contributed by atoms with van der Waals surface area (Å²) in [5, 5.41) is 14.4. The third-order valence-corrected chi connectivity index (χ3v) is 3.38. The van der Waals surface area contributed by atoms with Crippen LogP contribution >= 0.6 is 0 Å². The first-order valence-electron chi connectivity index (χ1n) is 7.34. The number of benzene rings is 1. The van der Waals surface area contributed by atoms with Gasteiger partial charge in [-0.3, -0.25) is 14.9 Å². The van der Waals surface area contributed by atoms with Crippen LogP contribution in [-0.4, -0.2) is 16.9 Å². The van der Waals surface area contributed by atoms with E-state index in [1.165, 1.54) is 12.1 Å². The monoisotopic (exact) mass is 293 g/mol. The number of rotatable bonds is 9. The molecule has 21 heavy (non-hydrogen) atoms. The molecule has 3 N–H and O–H groups in total. The average molecular weight is 293 g/mol. The third-order valence-electron chi connectivity index (χ3n) is 3.38. The minimum Gasteiger partial charge on any atom is -0.377 e. The van der Waals surface area contributed by atoms with Gasteiger partial charge in [0.25, 0.3) is 5.69 Å². The Balaban J connectivity index is 2.99. The molecule has 0 heterocycles. The van der Waals surface area contributed by atoms with Crippen LogP contribution in [-0.2, 0) is 0 Å². The van der Waals surface area contributed by atoms with Crippen molar-refractivity contribution in [2.75, 3.05) is 5.32 Å². The first-order valence-corrected chi connectivity index (χ1v) is 7.34. The lowest BCUT2D eigenvalue weighted by atomic mass is 10.0. The van der Waals surface area contributed by atoms with Crippen molar-refractivity contribution in [3.63, 3.8) is 0 Å². The number of hydrogen-bond donors (Lipinski definition) is 2. The molecule has 0 saturated carbocycles. The first-order chi connectivity index (χ1) is 9.99. The molecule has 0 aromatic heterocycles. The number of hydrogen-bond acceptors (Lipinski definition) is 4. The number of nitrogens with one attached hydrogen (secondary N) is 1. The second kappa shape index (κ2) is 8.24. The predicted octanol–water partition coefficient (Wildman–Crippen LogP) is 3.46. The molecule has 1 rings (SSSR count). The van der Waals surface area contributed by atoms with Gasteiger partial charge in [-0.2, -0.15) is 0 Å². The summed E-state index contributed by atoms with van der Waals surface area (Å²) in [6.45, 7) is 4.21. The molecule has 0 aliphatic heterocycles. The zero-order chi connectivity index (χ0) is 15.8. The van der Waals surface area contributed by atoms with E-state index < -0.39 is 10.8 Å². The molecule has 116 valence electrons. The van der Waals surface area contributed by atoms with E-state index in [1.807, 2.05) is 0 Å². The number of primary amides is 1. The molecule has 0 bridgehead atoms. The van der Waals surface area contributed by atoms with Crippen LogP contribution in [0.15, 0.2) is 18.2 Å². The molecule has 6 heteroatoms. The van der Waals surface area contributed by atoms with Gasteiger partial charge in [-0.1, -0.05) is 33.1 Å². The summed E-state index contributed by atoms with van der Waals surface area (Å²) in [6, 6.07) is 4.51. The average Bonchev–Trinajstić information content (AvgIpc) is 2.44. The van der Waals surface area contributed by atoms with E-state index in [0.717, 1.165) is 32.1 Å². The Labute approximate surface area is 124 Å². The van der Waals surface area contributed by atoms with Gasteiger partial charge in [0.1, 0.15) is 5.69 Å². The van der Waals surface area contributed by atoms with Gasteiger partial charge in [-0.15, -0.1) is 0 Å². The molecule has 1 unspecified atom stereocenters. The molecule has 1 aromatic carbocycles. The van der Waals surface area contributed by atoms with Crippen molar-refractivity contribution in [3.8, 4) is 0 Å². The Morgan fingerprint density at radius 1 is 1.33 bits per heavy atom. The zero-order valence-corrected chi connectivity index (χ0v) is 12.6. The van der Waals surface area contributed by atoms with Crippen LogP contribution < -0.4 is 11.1 Å². The van der Waals surface area contributed by atoms with Gasteiger partial charge in [0.05, 0.1) is 4.92 Å². The van der Waals surface area contributed by atoms with Gasteiger partial charge in [0, 0.05) is 17.7 Å². The van der Waals surface area contributed by atoms with Crippen LogP contribution in [0.1, 0.15) is 56.3 Å². The number of nitrogens with two attached hydrogens (primary N) is 1. The maximum atomic E-state index is 11.2. The Hall–Kier alpha value is -2.11. The summed E-state index contributed by atoms with van der Waals surface area (Å²) < 4.78 is 0. The van der Waals surface area contributed by atoms with Gasteiger partial charge in [0.15, 0.2) is 0 Å². The van der Waals surface area contributed by atoms with Crippen molar-refractivity contribution in [3.05, 3.63) is 33.9 Å². The van der Waals surface area contributed by atoms with E-state index in [0.29, 0.717) is 5.69 Å². The molecule has 0 radical (unpaired) electrons. The number of amides is 1. The second-order valence-electron chi connectivity index (χ2n) is 5.13. The summed E-state index contributed by atoms with van der Waals surface area (Å²) in [5.74, 6) is -0.666. The lowest BCUT2D eigenvalue weighted by molar-refractivity contribution is -0.384. The van der Waals surface area contributed by atoms with E-state index in [2.05, 4.69) is 19.2 Å². The van der Waals surface area contributed by atoms with Gasteiger partial charge in [0.2, 0.25) is 5.91 Å². The fourth-order valence-electron chi connectivity index (χ4n) is 2.27. The third kappa shape index (κ3) is 5.06. The zero-order valence-electron chi connectivity index (χ0n) is 12.6. The first kappa shape index (κ1) is 16.9. The summed E-state index contributed by atoms with van der Waals surface area (Å²) in [7, 11) is 0. The predicted molar refractivity (Wildman–Crippen MR) is 83.5 cm³/mol. The standard InChI is InChI=1S/C15H23N3O3/c1-3-5-7-12(6-4-2)17-13-9-8-11(15(16)19)10-14(13)18(20)21/h8-10,12,17H,3-7H2,1-2H3,(H2,16,19). The highest BCUT2D eigenvalue weighted by molar-refractivity contribution is 5.94. The van der Waals surface area contributed by atoms with Gasteiger partial charge in [-0.05, 0) is 25.0 Å². The molecule has 6 nitrogen and oxygen atoms in total. The number of nitrogens with zero attached hydrogens (tertiary/aromatic N) is 1. The van der Waals surface area contributed by atoms with Crippen LogP contribution in [0.25, 0.3) is 0 Å². The van der Waals surface area contributed by atoms with E-state index in [1.54, 1.807) is 6.07 Å². The van der Waals surface area contributed by atoms with E-state index in [4.69, 9.17) is 5.73 Å².